The van der Waals surface area contributed by atoms with Gasteiger partial charge in [0, 0.05) is 25.0 Å². The van der Waals surface area contributed by atoms with Gasteiger partial charge in [-0.3, -0.25) is 9.69 Å². The highest BCUT2D eigenvalue weighted by atomic mass is 32.2. The molecule has 2 rings (SSSR count). The van der Waals surface area contributed by atoms with Crippen LogP contribution >= 0.6 is 0 Å². The molecule has 0 bridgehead atoms. The van der Waals surface area contributed by atoms with Crippen LogP contribution in [0.25, 0.3) is 0 Å². The van der Waals surface area contributed by atoms with E-state index in [9.17, 15) is 13.2 Å². The summed E-state index contributed by atoms with van der Waals surface area (Å²) in [5.41, 5.74) is 1.49. The Balaban J connectivity index is 1.80. The maximum atomic E-state index is 12.5. The second kappa shape index (κ2) is 9.17. The Bertz CT molecular complexity index is 754. The minimum atomic E-state index is -3.61. The predicted octanol–water partition coefficient (Wildman–Crippen LogP) is 2.35. The molecule has 0 aromatic heterocycles. The van der Waals surface area contributed by atoms with Crippen molar-refractivity contribution in [1.29, 1.82) is 0 Å². The van der Waals surface area contributed by atoms with Crippen LogP contribution in [0.2, 0.25) is 0 Å². The lowest BCUT2D eigenvalue weighted by Gasteiger charge is -2.41. The van der Waals surface area contributed by atoms with Gasteiger partial charge in [-0.1, -0.05) is 18.6 Å². The SMILES string of the molecule is Cc1ccc(C)c(S(=O)(=O)NCCC(=O)NCC(C)(C)N2CCCCC2)c1. The van der Waals surface area contributed by atoms with Crippen LogP contribution in [0, 0.1) is 13.8 Å². The van der Waals surface area contributed by atoms with Crippen LogP contribution in [-0.2, 0) is 14.8 Å². The largest absolute Gasteiger partial charge is 0.354 e. The fraction of sp³-hybridized carbons (Fsp3) is 0.650. The molecular formula is C20H33N3O3S. The fourth-order valence-electron chi connectivity index (χ4n) is 3.39. The van der Waals surface area contributed by atoms with E-state index in [2.05, 4.69) is 28.8 Å². The van der Waals surface area contributed by atoms with Gasteiger partial charge in [0.25, 0.3) is 0 Å². The number of amides is 1. The van der Waals surface area contributed by atoms with Crippen molar-refractivity contribution in [3.63, 3.8) is 0 Å². The highest BCUT2D eigenvalue weighted by molar-refractivity contribution is 7.89. The molecule has 0 spiro atoms. The summed E-state index contributed by atoms with van der Waals surface area (Å²) in [5.74, 6) is -0.135. The Labute approximate surface area is 163 Å². The van der Waals surface area contributed by atoms with Gasteiger partial charge < -0.3 is 5.32 Å². The topological polar surface area (TPSA) is 78.5 Å². The second-order valence-electron chi connectivity index (χ2n) is 8.05. The molecule has 0 aliphatic carbocycles. The summed E-state index contributed by atoms with van der Waals surface area (Å²) in [4.78, 5) is 14.8. The van der Waals surface area contributed by atoms with Crippen molar-refractivity contribution in [2.24, 2.45) is 0 Å². The first kappa shape index (κ1) is 21.9. The molecule has 0 unspecified atom stereocenters. The molecule has 1 saturated heterocycles. The van der Waals surface area contributed by atoms with E-state index in [0.29, 0.717) is 12.1 Å². The van der Waals surface area contributed by atoms with Crippen LogP contribution in [0.1, 0.15) is 50.7 Å². The number of likely N-dealkylation sites (tertiary alicyclic amines) is 1. The van der Waals surface area contributed by atoms with E-state index in [1.165, 1.54) is 19.3 Å². The summed E-state index contributed by atoms with van der Waals surface area (Å²) < 4.78 is 27.5. The first-order valence-electron chi connectivity index (χ1n) is 9.70. The number of hydrogen-bond donors (Lipinski definition) is 2. The molecule has 27 heavy (non-hydrogen) atoms. The summed E-state index contributed by atoms with van der Waals surface area (Å²) in [6.07, 6.45) is 3.81. The zero-order valence-electron chi connectivity index (χ0n) is 17.0. The minimum absolute atomic E-state index is 0.0890. The Morgan fingerprint density at radius 3 is 2.48 bits per heavy atom. The van der Waals surface area contributed by atoms with Crippen molar-refractivity contribution < 1.29 is 13.2 Å². The van der Waals surface area contributed by atoms with Gasteiger partial charge in [0.15, 0.2) is 0 Å². The number of nitrogens with zero attached hydrogens (tertiary/aromatic N) is 1. The average Bonchev–Trinajstić information content (AvgIpc) is 2.62. The fourth-order valence-corrected chi connectivity index (χ4v) is 4.75. The van der Waals surface area contributed by atoms with Gasteiger partial charge in [0.1, 0.15) is 0 Å². The molecule has 1 aromatic carbocycles. The third-order valence-electron chi connectivity index (χ3n) is 5.21. The van der Waals surface area contributed by atoms with Crippen LogP contribution < -0.4 is 10.0 Å². The first-order valence-corrected chi connectivity index (χ1v) is 11.2. The number of sulfonamides is 1. The summed E-state index contributed by atoms with van der Waals surface area (Å²) >= 11 is 0. The Morgan fingerprint density at radius 2 is 1.81 bits per heavy atom. The summed E-state index contributed by atoms with van der Waals surface area (Å²) in [5, 5.41) is 2.95. The molecular weight excluding hydrogens is 362 g/mol. The molecule has 0 saturated carbocycles. The maximum Gasteiger partial charge on any atom is 0.240 e. The van der Waals surface area contributed by atoms with Crippen molar-refractivity contribution in [2.45, 2.75) is 63.8 Å². The monoisotopic (exact) mass is 395 g/mol. The number of rotatable bonds is 8. The van der Waals surface area contributed by atoms with Crippen LogP contribution in [0.4, 0.5) is 0 Å². The molecule has 1 aliphatic heterocycles. The van der Waals surface area contributed by atoms with E-state index < -0.39 is 10.0 Å². The minimum Gasteiger partial charge on any atom is -0.354 e. The zero-order valence-corrected chi connectivity index (χ0v) is 17.8. The highest BCUT2D eigenvalue weighted by Crippen LogP contribution is 2.20. The number of benzene rings is 1. The van der Waals surface area contributed by atoms with E-state index in [-0.39, 0.29) is 29.3 Å². The number of nitrogens with one attached hydrogen (secondary N) is 2. The van der Waals surface area contributed by atoms with Gasteiger partial charge in [0.05, 0.1) is 4.90 Å². The standard InChI is InChI=1S/C20H33N3O3S/c1-16-8-9-17(2)18(14-16)27(25,26)22-11-10-19(24)21-15-20(3,4)23-12-6-5-7-13-23/h8-9,14,22H,5-7,10-13,15H2,1-4H3,(H,21,24). The van der Waals surface area contributed by atoms with Gasteiger partial charge in [-0.2, -0.15) is 0 Å². The molecule has 1 fully saturated rings. The van der Waals surface area contributed by atoms with Crippen molar-refractivity contribution in [3.8, 4) is 0 Å². The highest BCUT2D eigenvalue weighted by Gasteiger charge is 2.28. The van der Waals surface area contributed by atoms with Crippen molar-refractivity contribution in [2.75, 3.05) is 26.2 Å². The molecule has 1 aromatic rings. The lowest BCUT2D eigenvalue weighted by atomic mass is 9.98. The smallest absolute Gasteiger partial charge is 0.240 e. The van der Waals surface area contributed by atoms with Gasteiger partial charge in [-0.25, -0.2) is 13.1 Å². The maximum absolute atomic E-state index is 12.5. The van der Waals surface area contributed by atoms with E-state index in [0.717, 1.165) is 18.7 Å². The molecule has 6 nitrogen and oxygen atoms in total. The summed E-state index contributed by atoms with van der Waals surface area (Å²) in [7, 11) is -3.61. The van der Waals surface area contributed by atoms with Gasteiger partial charge >= 0.3 is 0 Å². The lowest BCUT2D eigenvalue weighted by molar-refractivity contribution is -0.121. The molecule has 2 N–H and O–H groups in total. The average molecular weight is 396 g/mol. The number of hydrogen-bond acceptors (Lipinski definition) is 4. The first-order chi connectivity index (χ1) is 12.6. The van der Waals surface area contributed by atoms with E-state index in [1.54, 1.807) is 19.1 Å². The van der Waals surface area contributed by atoms with Gasteiger partial charge in [0.2, 0.25) is 15.9 Å². The lowest BCUT2D eigenvalue weighted by Crippen LogP contribution is -2.53. The van der Waals surface area contributed by atoms with Crippen LogP contribution in [-0.4, -0.2) is 50.9 Å². The van der Waals surface area contributed by atoms with Gasteiger partial charge in [-0.05, 0) is 70.8 Å². The number of carbonyl (C=O) groups excluding carboxylic acids is 1. The normalized spacial score (nSPS) is 16.3. The van der Waals surface area contributed by atoms with Crippen molar-refractivity contribution >= 4 is 15.9 Å². The third-order valence-corrected chi connectivity index (χ3v) is 6.81. The molecule has 0 radical (unpaired) electrons. The predicted molar refractivity (Wildman–Crippen MR) is 108 cm³/mol. The van der Waals surface area contributed by atoms with Crippen LogP contribution in [0.15, 0.2) is 23.1 Å². The quantitative estimate of drug-likeness (QED) is 0.708. The Hall–Kier alpha value is -1.44. The number of aryl methyl sites for hydroxylation is 2. The molecule has 7 heteroatoms. The zero-order chi connectivity index (χ0) is 20.1. The molecule has 0 atom stereocenters. The molecule has 152 valence electrons. The Kier molecular flexibility index (Phi) is 7.42. The summed E-state index contributed by atoms with van der Waals surface area (Å²) in [6.45, 7) is 10.7. The molecule has 1 amide bonds. The van der Waals surface area contributed by atoms with E-state index >= 15 is 0 Å². The van der Waals surface area contributed by atoms with E-state index in [1.807, 2.05) is 13.0 Å². The van der Waals surface area contributed by atoms with Crippen molar-refractivity contribution in [3.05, 3.63) is 29.3 Å². The van der Waals surface area contributed by atoms with Crippen LogP contribution in [0.5, 0.6) is 0 Å². The van der Waals surface area contributed by atoms with Crippen LogP contribution in [0.3, 0.4) is 0 Å². The number of piperidine rings is 1. The summed E-state index contributed by atoms with van der Waals surface area (Å²) in [6, 6.07) is 5.32. The molecule has 1 aliphatic rings. The Morgan fingerprint density at radius 1 is 1.15 bits per heavy atom. The van der Waals surface area contributed by atoms with Crippen molar-refractivity contribution in [1.82, 2.24) is 14.9 Å². The third kappa shape index (κ3) is 6.30. The second-order valence-corrected chi connectivity index (χ2v) is 9.79. The van der Waals surface area contributed by atoms with Gasteiger partial charge in [-0.15, -0.1) is 0 Å². The number of carbonyl (C=O) groups is 1. The van der Waals surface area contributed by atoms with E-state index in [4.69, 9.17) is 0 Å². The molecule has 1 heterocycles.